The minimum absolute atomic E-state index is 0.127. The van der Waals surface area contributed by atoms with Gasteiger partial charge in [-0.15, -0.1) is 0 Å². The van der Waals surface area contributed by atoms with E-state index in [1.807, 2.05) is 20.8 Å². The van der Waals surface area contributed by atoms with Crippen molar-refractivity contribution in [1.29, 1.82) is 0 Å². The summed E-state index contributed by atoms with van der Waals surface area (Å²) in [5.41, 5.74) is -0.308. The van der Waals surface area contributed by atoms with E-state index in [2.05, 4.69) is 5.16 Å². The molecule has 0 unspecified atom stereocenters. The van der Waals surface area contributed by atoms with Crippen LogP contribution < -0.4 is 9.47 Å². The summed E-state index contributed by atoms with van der Waals surface area (Å²) in [6.07, 6.45) is 3.75. The molecule has 1 aromatic carbocycles. The van der Waals surface area contributed by atoms with E-state index in [1.165, 1.54) is 6.08 Å². The largest absolute Gasteiger partial charge is 0.490 e. The molecule has 0 heterocycles. The van der Waals surface area contributed by atoms with Crippen LogP contribution in [0.3, 0.4) is 0 Å². The Kier molecular flexibility index (Phi) is 11.3. The molecular formula is C18H23Cl4NO4. The van der Waals surface area contributed by atoms with Crippen LogP contribution in [0.1, 0.15) is 27.2 Å². The van der Waals surface area contributed by atoms with Gasteiger partial charge in [-0.05, 0) is 26.8 Å². The Morgan fingerprint density at radius 1 is 1.04 bits per heavy atom. The lowest BCUT2D eigenvalue weighted by atomic mass is 10.2. The average molecular weight is 459 g/mol. The Morgan fingerprint density at radius 2 is 1.70 bits per heavy atom. The fourth-order valence-electron chi connectivity index (χ4n) is 1.66. The Hall–Kier alpha value is -0.850. The van der Waals surface area contributed by atoms with E-state index in [-0.39, 0.29) is 16.7 Å². The van der Waals surface area contributed by atoms with E-state index in [0.29, 0.717) is 47.8 Å². The van der Waals surface area contributed by atoms with E-state index in [4.69, 9.17) is 65.5 Å². The molecule has 0 saturated carbocycles. The molecule has 0 aliphatic carbocycles. The monoisotopic (exact) mass is 457 g/mol. The summed E-state index contributed by atoms with van der Waals surface area (Å²) in [7, 11) is 0. The Labute approximate surface area is 180 Å². The van der Waals surface area contributed by atoms with Crippen LogP contribution in [0.15, 0.2) is 27.9 Å². The summed E-state index contributed by atoms with van der Waals surface area (Å²) in [5.74, 6) is 0.889. The number of halogens is 4. The minimum atomic E-state index is -0.308. The van der Waals surface area contributed by atoms with Crippen LogP contribution in [0.2, 0.25) is 10.0 Å². The average Bonchev–Trinajstić information content (AvgIpc) is 2.54. The first-order valence-electron chi connectivity index (χ1n) is 8.22. The maximum atomic E-state index is 6.19. The highest BCUT2D eigenvalue weighted by Gasteiger charge is 2.11. The molecule has 0 saturated heterocycles. The molecule has 0 aliphatic heterocycles. The van der Waals surface area contributed by atoms with Gasteiger partial charge in [0.05, 0.1) is 36.1 Å². The van der Waals surface area contributed by atoms with Crippen molar-refractivity contribution >= 4 is 52.6 Å². The summed E-state index contributed by atoms with van der Waals surface area (Å²) in [4.78, 5) is 5.20. The second kappa shape index (κ2) is 12.6. The van der Waals surface area contributed by atoms with Crippen molar-refractivity contribution in [2.45, 2.75) is 32.8 Å². The summed E-state index contributed by atoms with van der Waals surface area (Å²) in [6, 6.07) is 3.22. The maximum absolute atomic E-state index is 6.19. The highest BCUT2D eigenvalue weighted by atomic mass is 35.5. The van der Waals surface area contributed by atoms with Crippen LogP contribution in [-0.2, 0) is 9.57 Å². The van der Waals surface area contributed by atoms with Gasteiger partial charge in [0.25, 0.3) is 0 Å². The second-order valence-corrected chi connectivity index (χ2v) is 8.11. The predicted molar refractivity (Wildman–Crippen MR) is 112 cm³/mol. The summed E-state index contributed by atoms with van der Waals surface area (Å²) in [5, 5.41) is 4.53. The van der Waals surface area contributed by atoms with Crippen molar-refractivity contribution in [3.63, 3.8) is 0 Å². The molecule has 0 spiro atoms. The molecule has 0 aromatic heterocycles. The summed E-state index contributed by atoms with van der Waals surface area (Å²) < 4.78 is 16.6. The van der Waals surface area contributed by atoms with Crippen LogP contribution in [-0.4, -0.2) is 38.2 Å². The van der Waals surface area contributed by atoms with E-state index < -0.39 is 0 Å². The summed E-state index contributed by atoms with van der Waals surface area (Å²) >= 11 is 23.4. The minimum Gasteiger partial charge on any atom is -0.490 e. The van der Waals surface area contributed by atoms with Crippen LogP contribution in [0, 0.1) is 0 Å². The van der Waals surface area contributed by atoms with Gasteiger partial charge in [-0.2, -0.15) is 0 Å². The first-order chi connectivity index (χ1) is 12.7. The lowest BCUT2D eigenvalue weighted by molar-refractivity contribution is 0.000644. The van der Waals surface area contributed by atoms with E-state index in [9.17, 15) is 0 Å². The Balaban J connectivity index is 2.31. The molecule has 0 aliphatic rings. The second-order valence-electron chi connectivity index (χ2n) is 6.29. The van der Waals surface area contributed by atoms with Gasteiger partial charge in [0.15, 0.2) is 5.75 Å². The van der Waals surface area contributed by atoms with Gasteiger partial charge in [-0.1, -0.05) is 51.6 Å². The van der Waals surface area contributed by atoms with Gasteiger partial charge >= 0.3 is 0 Å². The smallest absolute Gasteiger partial charge is 0.156 e. The molecule has 0 radical (unpaired) electrons. The van der Waals surface area contributed by atoms with Gasteiger partial charge in [0.2, 0.25) is 0 Å². The number of nitrogens with zero attached hydrogens (tertiary/aromatic N) is 1. The molecule has 27 heavy (non-hydrogen) atoms. The molecule has 0 atom stereocenters. The Morgan fingerprint density at radius 3 is 2.30 bits per heavy atom. The third-order valence-electron chi connectivity index (χ3n) is 2.73. The van der Waals surface area contributed by atoms with E-state index in [0.717, 1.165) is 0 Å². The van der Waals surface area contributed by atoms with Crippen LogP contribution >= 0.6 is 46.4 Å². The lowest BCUT2D eigenvalue weighted by Gasteiger charge is -2.14. The van der Waals surface area contributed by atoms with Crippen molar-refractivity contribution in [3.8, 4) is 11.5 Å². The SMILES string of the molecule is CC(C)(C)O/N=C/COCCCOc1c(Cl)cc(OCC=C(Cl)Cl)cc1Cl. The van der Waals surface area contributed by atoms with Crippen molar-refractivity contribution in [2.75, 3.05) is 26.4 Å². The van der Waals surface area contributed by atoms with E-state index in [1.54, 1.807) is 18.3 Å². The fourth-order valence-corrected chi connectivity index (χ4v) is 2.36. The van der Waals surface area contributed by atoms with Gasteiger partial charge in [0, 0.05) is 18.6 Å². The Bertz CT molecular complexity index is 618. The van der Waals surface area contributed by atoms with Crippen LogP contribution in [0.25, 0.3) is 0 Å². The predicted octanol–water partition coefficient (Wildman–Crippen LogP) is 6.28. The van der Waals surface area contributed by atoms with Crippen molar-refractivity contribution in [3.05, 3.63) is 32.7 Å². The molecule has 1 aromatic rings. The van der Waals surface area contributed by atoms with Gasteiger partial charge in [0.1, 0.15) is 22.4 Å². The number of hydrogen-bond acceptors (Lipinski definition) is 5. The lowest BCUT2D eigenvalue weighted by Crippen LogP contribution is -2.15. The van der Waals surface area contributed by atoms with Gasteiger partial charge < -0.3 is 19.0 Å². The molecule has 152 valence electrons. The van der Waals surface area contributed by atoms with Crippen molar-refractivity contribution < 1.29 is 19.0 Å². The van der Waals surface area contributed by atoms with Crippen LogP contribution in [0.5, 0.6) is 11.5 Å². The van der Waals surface area contributed by atoms with Gasteiger partial charge in [-0.3, -0.25) is 0 Å². The topological polar surface area (TPSA) is 49.3 Å². The number of rotatable bonds is 11. The number of ether oxygens (including phenoxy) is 3. The number of benzene rings is 1. The molecule has 0 bridgehead atoms. The quantitative estimate of drug-likeness (QED) is 0.222. The molecule has 9 heteroatoms. The normalized spacial score (nSPS) is 11.5. The third kappa shape index (κ3) is 11.6. The third-order valence-corrected chi connectivity index (χ3v) is 3.60. The first-order valence-corrected chi connectivity index (χ1v) is 9.74. The molecule has 0 N–H and O–H groups in total. The van der Waals surface area contributed by atoms with Crippen molar-refractivity contribution in [2.24, 2.45) is 5.16 Å². The molecule has 0 fully saturated rings. The zero-order chi connectivity index (χ0) is 20.3. The number of hydrogen-bond donors (Lipinski definition) is 0. The van der Waals surface area contributed by atoms with Crippen LogP contribution in [0.4, 0.5) is 0 Å². The standard InChI is InChI=1S/C18H23Cl4NO4/c1-18(2,3)27-23-6-10-24-7-4-8-26-17-14(19)11-13(12-15(17)20)25-9-5-16(21)22/h5-6,11-12H,4,7-10H2,1-3H3/b23-6+. The first kappa shape index (κ1) is 24.2. The number of oxime groups is 1. The molecule has 0 amide bonds. The molecule has 5 nitrogen and oxygen atoms in total. The molecule has 1 rings (SSSR count). The van der Waals surface area contributed by atoms with Gasteiger partial charge in [-0.25, -0.2) is 0 Å². The highest BCUT2D eigenvalue weighted by Crippen LogP contribution is 2.37. The zero-order valence-electron chi connectivity index (χ0n) is 15.4. The zero-order valence-corrected chi connectivity index (χ0v) is 18.5. The maximum Gasteiger partial charge on any atom is 0.156 e. The highest BCUT2D eigenvalue weighted by molar-refractivity contribution is 6.55. The molecular weight excluding hydrogens is 436 g/mol. The fraction of sp³-hybridized carbons (Fsp3) is 0.500. The summed E-state index contributed by atoms with van der Waals surface area (Å²) in [6.45, 7) is 7.24. The van der Waals surface area contributed by atoms with E-state index >= 15 is 0 Å². The van der Waals surface area contributed by atoms with Crippen molar-refractivity contribution in [1.82, 2.24) is 0 Å².